The number of ketones is 1. The van der Waals surface area contributed by atoms with Crippen molar-refractivity contribution in [2.75, 3.05) is 4.90 Å². The van der Waals surface area contributed by atoms with Gasteiger partial charge in [-0.1, -0.05) is 23.2 Å². The number of carbonyl (C=O) groups excluding carboxylic acids is 2. The number of aromatic nitrogens is 1. The Morgan fingerprint density at radius 3 is 2.75 bits per heavy atom. The van der Waals surface area contributed by atoms with Crippen molar-refractivity contribution in [2.45, 2.75) is 13.5 Å². The van der Waals surface area contributed by atoms with Crippen LogP contribution in [-0.4, -0.2) is 16.7 Å². The molecule has 1 aromatic heterocycles. The van der Waals surface area contributed by atoms with Crippen molar-refractivity contribution in [3.63, 3.8) is 0 Å². The molecule has 0 aliphatic carbocycles. The molecule has 0 bridgehead atoms. The number of Topliss-reactive ketones (excluding diaryl/α,β-unsaturated/α-hetero) is 1. The lowest BCUT2D eigenvalue weighted by Crippen LogP contribution is -2.29. The van der Waals surface area contributed by atoms with Gasteiger partial charge in [-0.2, -0.15) is 0 Å². The Balaban J connectivity index is 1.99. The first-order chi connectivity index (χ1) is 9.56. The zero-order valence-electron chi connectivity index (χ0n) is 10.8. The lowest BCUT2D eigenvalue weighted by Gasteiger charge is -2.16. The normalized spacial score (nSPS) is 13.8. The lowest BCUT2D eigenvalue weighted by molar-refractivity contribution is -0.114. The summed E-state index contributed by atoms with van der Waals surface area (Å²) in [6.07, 6.45) is 1.58. The van der Waals surface area contributed by atoms with Crippen LogP contribution in [-0.2, 0) is 11.3 Å². The Kier molecular flexibility index (Phi) is 3.03. The predicted octanol–water partition coefficient (Wildman–Crippen LogP) is 2.77. The summed E-state index contributed by atoms with van der Waals surface area (Å²) in [7, 11) is 0. The molecule has 3 rings (SSSR count). The summed E-state index contributed by atoms with van der Waals surface area (Å²) in [6.45, 7) is 2.13. The molecular formula is C15H11ClN2O2. The van der Waals surface area contributed by atoms with E-state index >= 15 is 0 Å². The number of halogens is 1. The number of hydrogen-bond donors (Lipinski definition) is 0. The first-order valence-electron chi connectivity index (χ1n) is 6.13. The number of hydrogen-bond acceptors (Lipinski definition) is 3. The Hall–Kier alpha value is -2.20. The van der Waals surface area contributed by atoms with Gasteiger partial charge in [0.2, 0.25) is 0 Å². The highest BCUT2D eigenvalue weighted by Gasteiger charge is 2.35. The minimum Gasteiger partial charge on any atom is -0.299 e. The van der Waals surface area contributed by atoms with Gasteiger partial charge in [0.25, 0.3) is 11.7 Å². The first-order valence-corrected chi connectivity index (χ1v) is 6.51. The van der Waals surface area contributed by atoms with Crippen LogP contribution < -0.4 is 4.90 Å². The third-order valence-electron chi connectivity index (χ3n) is 3.23. The molecule has 2 heterocycles. The van der Waals surface area contributed by atoms with Crippen LogP contribution in [0.3, 0.4) is 0 Å². The fraction of sp³-hybridized carbons (Fsp3) is 0.133. The monoisotopic (exact) mass is 286 g/mol. The molecule has 20 heavy (non-hydrogen) atoms. The van der Waals surface area contributed by atoms with Crippen molar-refractivity contribution in [2.24, 2.45) is 0 Å². The van der Waals surface area contributed by atoms with Crippen molar-refractivity contribution >= 4 is 29.0 Å². The van der Waals surface area contributed by atoms with Crippen LogP contribution in [0.4, 0.5) is 5.69 Å². The van der Waals surface area contributed by atoms with E-state index in [9.17, 15) is 9.59 Å². The van der Waals surface area contributed by atoms with Crippen LogP contribution in [0.25, 0.3) is 0 Å². The largest absolute Gasteiger partial charge is 0.299 e. The predicted molar refractivity (Wildman–Crippen MR) is 75.9 cm³/mol. The summed E-state index contributed by atoms with van der Waals surface area (Å²) in [5.41, 5.74) is 2.68. The Labute approximate surface area is 121 Å². The fourth-order valence-electron chi connectivity index (χ4n) is 2.27. The van der Waals surface area contributed by atoms with Gasteiger partial charge in [-0.05, 0) is 31.2 Å². The molecule has 4 nitrogen and oxygen atoms in total. The maximum atomic E-state index is 12.1. The molecule has 0 saturated carbocycles. The highest BCUT2D eigenvalue weighted by Crippen LogP contribution is 2.30. The van der Waals surface area contributed by atoms with E-state index in [-0.39, 0.29) is 6.54 Å². The Bertz CT molecular complexity index is 728. The average Bonchev–Trinajstić information content (AvgIpc) is 2.64. The van der Waals surface area contributed by atoms with Crippen molar-refractivity contribution in [1.29, 1.82) is 0 Å². The van der Waals surface area contributed by atoms with E-state index in [0.29, 0.717) is 22.0 Å². The van der Waals surface area contributed by atoms with E-state index in [0.717, 1.165) is 5.56 Å². The van der Waals surface area contributed by atoms with E-state index in [4.69, 9.17) is 11.6 Å². The summed E-state index contributed by atoms with van der Waals surface area (Å²) < 4.78 is 0. The van der Waals surface area contributed by atoms with E-state index in [2.05, 4.69) is 4.98 Å². The smallest absolute Gasteiger partial charge is 0.299 e. The van der Waals surface area contributed by atoms with Crippen LogP contribution in [0.1, 0.15) is 21.6 Å². The number of rotatable bonds is 2. The third-order valence-corrected chi connectivity index (χ3v) is 3.46. The summed E-state index contributed by atoms with van der Waals surface area (Å²) >= 11 is 5.91. The maximum Gasteiger partial charge on any atom is 0.299 e. The molecule has 1 amide bonds. The van der Waals surface area contributed by atoms with Crippen molar-refractivity contribution in [3.8, 4) is 0 Å². The number of amides is 1. The third kappa shape index (κ3) is 2.08. The number of carbonyl (C=O) groups is 2. The molecule has 5 heteroatoms. The topological polar surface area (TPSA) is 50.3 Å². The van der Waals surface area contributed by atoms with Gasteiger partial charge >= 0.3 is 0 Å². The number of pyridine rings is 1. The van der Waals surface area contributed by atoms with Crippen LogP contribution in [0.5, 0.6) is 0 Å². The molecule has 100 valence electrons. The van der Waals surface area contributed by atoms with Crippen LogP contribution in [0.15, 0.2) is 36.5 Å². The molecule has 0 saturated heterocycles. The number of fused-ring (bicyclic) bond motifs is 1. The summed E-state index contributed by atoms with van der Waals surface area (Å²) in [5, 5.41) is 0.553. The van der Waals surface area contributed by atoms with Gasteiger partial charge in [-0.15, -0.1) is 0 Å². The number of anilines is 1. The summed E-state index contributed by atoms with van der Waals surface area (Å²) in [5.74, 6) is -0.988. The van der Waals surface area contributed by atoms with Gasteiger partial charge in [-0.3, -0.25) is 19.5 Å². The number of aryl methyl sites for hydroxylation is 1. The molecule has 0 fully saturated rings. The zero-order chi connectivity index (χ0) is 14.3. The second-order valence-corrected chi connectivity index (χ2v) is 5.14. The molecule has 0 unspecified atom stereocenters. The molecule has 1 aliphatic heterocycles. The molecule has 0 N–H and O–H groups in total. The standard InChI is InChI=1S/C15H11ClN2O2/c1-9-2-3-13-12(6-9)14(19)15(20)18(13)8-11-7-10(16)4-5-17-11/h2-7H,8H2,1H3. The van der Waals surface area contributed by atoms with Crippen LogP contribution in [0, 0.1) is 6.92 Å². The van der Waals surface area contributed by atoms with Crippen molar-refractivity contribution < 1.29 is 9.59 Å². The Morgan fingerprint density at radius 2 is 2.00 bits per heavy atom. The number of benzene rings is 1. The van der Waals surface area contributed by atoms with E-state index < -0.39 is 11.7 Å². The highest BCUT2D eigenvalue weighted by atomic mass is 35.5. The fourth-order valence-corrected chi connectivity index (χ4v) is 2.45. The van der Waals surface area contributed by atoms with Gasteiger partial charge in [0.15, 0.2) is 0 Å². The SMILES string of the molecule is Cc1ccc2c(c1)C(=O)C(=O)N2Cc1cc(Cl)ccn1. The number of nitrogens with zero attached hydrogens (tertiary/aromatic N) is 2. The van der Waals surface area contributed by atoms with Gasteiger partial charge < -0.3 is 0 Å². The van der Waals surface area contributed by atoms with Gasteiger partial charge in [-0.25, -0.2) is 0 Å². The van der Waals surface area contributed by atoms with Crippen LogP contribution in [0.2, 0.25) is 5.02 Å². The molecule has 0 spiro atoms. The zero-order valence-corrected chi connectivity index (χ0v) is 11.5. The molecule has 1 aromatic carbocycles. The van der Waals surface area contributed by atoms with Gasteiger partial charge in [0.05, 0.1) is 23.5 Å². The molecular weight excluding hydrogens is 276 g/mol. The van der Waals surface area contributed by atoms with Crippen LogP contribution >= 0.6 is 11.6 Å². The van der Waals surface area contributed by atoms with Crippen molar-refractivity contribution in [1.82, 2.24) is 4.98 Å². The molecule has 0 radical (unpaired) electrons. The second-order valence-electron chi connectivity index (χ2n) is 4.71. The minimum atomic E-state index is -0.521. The first kappa shape index (κ1) is 12.8. The second kappa shape index (κ2) is 4.72. The quantitative estimate of drug-likeness (QED) is 0.798. The van der Waals surface area contributed by atoms with E-state index in [1.807, 2.05) is 13.0 Å². The molecule has 2 aromatic rings. The molecule has 0 atom stereocenters. The van der Waals surface area contributed by atoms with E-state index in [1.54, 1.807) is 30.5 Å². The van der Waals surface area contributed by atoms with Crippen molar-refractivity contribution in [3.05, 3.63) is 58.4 Å². The lowest BCUT2D eigenvalue weighted by atomic mass is 10.1. The summed E-state index contributed by atoms with van der Waals surface area (Å²) in [6, 6.07) is 8.76. The maximum absolute atomic E-state index is 12.1. The van der Waals surface area contributed by atoms with E-state index in [1.165, 1.54) is 4.90 Å². The summed E-state index contributed by atoms with van der Waals surface area (Å²) in [4.78, 5) is 29.7. The molecule has 1 aliphatic rings. The van der Waals surface area contributed by atoms with Gasteiger partial charge in [0, 0.05) is 11.2 Å². The van der Waals surface area contributed by atoms with Gasteiger partial charge in [0.1, 0.15) is 0 Å². The minimum absolute atomic E-state index is 0.237. The Morgan fingerprint density at radius 1 is 1.20 bits per heavy atom. The average molecular weight is 287 g/mol. The highest BCUT2D eigenvalue weighted by molar-refractivity contribution is 6.52.